The summed E-state index contributed by atoms with van der Waals surface area (Å²) in [6, 6.07) is 0. The van der Waals surface area contributed by atoms with Gasteiger partial charge < -0.3 is 0 Å². The van der Waals surface area contributed by atoms with E-state index in [2.05, 4.69) is 36.2 Å². The van der Waals surface area contributed by atoms with Crippen molar-refractivity contribution in [2.24, 2.45) is 0 Å². The molecule has 0 saturated carbocycles. The van der Waals surface area contributed by atoms with Gasteiger partial charge in [0, 0.05) is 0 Å². The van der Waals surface area contributed by atoms with Gasteiger partial charge in [0.1, 0.15) is 0 Å². The molecule has 33 heavy (non-hydrogen) atoms. The fourth-order valence-electron chi connectivity index (χ4n) is 3.70. The first kappa shape index (κ1) is 33.4. The molecule has 0 bridgehead atoms. The first-order valence-corrected chi connectivity index (χ1v) is 22.2. The second-order valence-electron chi connectivity index (χ2n) is 10.5. The molecule has 0 aliphatic heterocycles. The summed E-state index contributed by atoms with van der Waals surface area (Å²) < 4.78 is 21.7. The molecule has 0 aromatic heterocycles. The average molecular weight is 551 g/mol. The first-order valence-electron chi connectivity index (χ1n) is 13.8. The molecule has 198 valence electrons. The number of rotatable bonds is 25. The van der Waals surface area contributed by atoms with Crippen LogP contribution in [0.5, 0.6) is 0 Å². The standard InChI is InChI=1S/C27H56AsO4P/c1-5-6-7-8-9-10-11-12-13-14-15-16-17-18-19-20-21-22-23-24-26-31-33(29,30)32-27-25-28(2,3)4/h12-13H,5-11,14-27H2,1-4H3/b13-12-. The van der Waals surface area contributed by atoms with Crippen LogP contribution in [0.1, 0.15) is 122 Å². The Kier molecular flexibility index (Phi) is 23.1. The van der Waals surface area contributed by atoms with Crippen molar-refractivity contribution in [1.29, 1.82) is 0 Å². The molecule has 0 fully saturated rings. The maximum absolute atomic E-state index is 11.7. The zero-order chi connectivity index (χ0) is 24.7. The number of unbranched alkanes of at least 4 members (excludes halogenated alkanes) is 16. The summed E-state index contributed by atoms with van der Waals surface area (Å²) in [6.45, 7) is 2.80. The van der Waals surface area contributed by atoms with Crippen molar-refractivity contribution in [3.8, 4) is 0 Å². The SMILES string of the molecule is CCCCCCCC/C=C\CCCCCCCCCCCCOP(=O)([O-])OCC[As+](C)(C)C. The van der Waals surface area contributed by atoms with Gasteiger partial charge in [-0.15, -0.1) is 0 Å². The van der Waals surface area contributed by atoms with Gasteiger partial charge in [0.15, 0.2) is 0 Å². The van der Waals surface area contributed by atoms with E-state index in [0.717, 1.165) is 24.5 Å². The normalized spacial score (nSPS) is 14.2. The molecule has 1 unspecified atom stereocenters. The predicted octanol–water partition coefficient (Wildman–Crippen LogP) is 9.42. The van der Waals surface area contributed by atoms with Crippen LogP contribution in [0.2, 0.25) is 22.3 Å². The molecule has 0 aliphatic rings. The fourth-order valence-corrected chi connectivity index (χ4v) is 6.09. The fraction of sp³-hybridized carbons (Fsp3) is 0.926. The zero-order valence-electron chi connectivity index (χ0n) is 22.5. The summed E-state index contributed by atoms with van der Waals surface area (Å²) in [6.07, 6.45) is 27.8. The third-order valence-corrected chi connectivity index (χ3v) is 10.1. The minimum absolute atomic E-state index is 0.254. The second-order valence-corrected chi connectivity index (χ2v) is 22.4. The van der Waals surface area contributed by atoms with Crippen LogP contribution in [-0.4, -0.2) is 26.8 Å². The Morgan fingerprint density at radius 1 is 0.636 bits per heavy atom. The van der Waals surface area contributed by atoms with E-state index in [1.54, 1.807) is 0 Å². The quantitative estimate of drug-likeness (QED) is 0.0492. The van der Waals surface area contributed by atoms with E-state index in [-0.39, 0.29) is 13.2 Å². The van der Waals surface area contributed by atoms with E-state index in [1.807, 2.05) is 0 Å². The Morgan fingerprint density at radius 3 is 1.48 bits per heavy atom. The number of hydrogen-bond donors (Lipinski definition) is 0. The molecule has 0 radical (unpaired) electrons. The van der Waals surface area contributed by atoms with E-state index in [0.29, 0.717) is 0 Å². The number of phosphoric ester groups is 1. The number of hydrogen-bond acceptors (Lipinski definition) is 4. The third kappa shape index (κ3) is 28.5. The Balaban J connectivity index is 3.29. The van der Waals surface area contributed by atoms with Crippen molar-refractivity contribution in [3.63, 3.8) is 0 Å². The molecule has 0 aromatic carbocycles. The van der Waals surface area contributed by atoms with Crippen LogP contribution in [0, 0.1) is 0 Å². The van der Waals surface area contributed by atoms with Crippen LogP contribution in [0.3, 0.4) is 0 Å². The first-order chi connectivity index (χ1) is 15.8. The molecule has 0 aliphatic carbocycles. The van der Waals surface area contributed by atoms with Gasteiger partial charge in [0.2, 0.25) is 0 Å². The Labute approximate surface area is 209 Å². The van der Waals surface area contributed by atoms with Crippen LogP contribution in [0.15, 0.2) is 12.2 Å². The Hall–Kier alpha value is 0.408. The minimum atomic E-state index is -4.10. The molecule has 0 N–H and O–H groups in total. The summed E-state index contributed by atoms with van der Waals surface area (Å²) in [5.74, 6) is 0. The Bertz CT molecular complexity index is 491. The maximum atomic E-state index is 11.7. The van der Waals surface area contributed by atoms with E-state index in [9.17, 15) is 9.46 Å². The molecule has 0 spiro atoms. The number of phosphoric acid groups is 1. The monoisotopic (exact) mass is 550 g/mol. The summed E-state index contributed by atoms with van der Waals surface area (Å²) >= 11 is -1.60. The molecule has 0 rings (SSSR count). The van der Waals surface area contributed by atoms with Gasteiger partial charge in [-0.3, -0.25) is 0 Å². The topological polar surface area (TPSA) is 58.6 Å². The molecular weight excluding hydrogens is 494 g/mol. The van der Waals surface area contributed by atoms with Crippen LogP contribution >= 0.6 is 7.82 Å². The number of allylic oxidation sites excluding steroid dienone is 2. The van der Waals surface area contributed by atoms with Crippen molar-refractivity contribution < 1.29 is 18.5 Å². The molecule has 6 heteroatoms. The van der Waals surface area contributed by atoms with Gasteiger partial charge in [-0.1, -0.05) is 70.4 Å². The van der Waals surface area contributed by atoms with E-state index < -0.39 is 21.4 Å². The zero-order valence-corrected chi connectivity index (χ0v) is 25.3. The van der Waals surface area contributed by atoms with Gasteiger partial charge in [-0.05, 0) is 25.7 Å². The molecule has 1 atom stereocenters. The van der Waals surface area contributed by atoms with Gasteiger partial charge in [-0.25, -0.2) is 0 Å². The molecule has 4 nitrogen and oxygen atoms in total. The summed E-state index contributed by atoms with van der Waals surface area (Å²) in [5, 5.41) is 0.865. The summed E-state index contributed by atoms with van der Waals surface area (Å²) in [4.78, 5) is 11.7. The third-order valence-electron chi connectivity index (χ3n) is 5.92. The summed E-state index contributed by atoms with van der Waals surface area (Å²) in [5.41, 5.74) is 6.69. The van der Waals surface area contributed by atoms with Crippen molar-refractivity contribution in [2.75, 3.05) is 13.2 Å². The van der Waals surface area contributed by atoms with E-state index in [1.165, 1.54) is 96.3 Å². The van der Waals surface area contributed by atoms with Crippen LogP contribution in [0.25, 0.3) is 0 Å². The van der Waals surface area contributed by atoms with Crippen LogP contribution in [0.4, 0.5) is 0 Å². The van der Waals surface area contributed by atoms with Crippen LogP contribution in [-0.2, 0) is 13.6 Å². The van der Waals surface area contributed by atoms with Crippen molar-refractivity contribution in [3.05, 3.63) is 12.2 Å². The second kappa shape index (κ2) is 22.8. The van der Waals surface area contributed by atoms with Crippen molar-refractivity contribution in [1.82, 2.24) is 0 Å². The van der Waals surface area contributed by atoms with Crippen molar-refractivity contribution in [2.45, 2.75) is 145 Å². The predicted molar refractivity (Wildman–Crippen MR) is 146 cm³/mol. The molecule has 0 heterocycles. The van der Waals surface area contributed by atoms with Gasteiger partial charge >= 0.3 is 114 Å². The van der Waals surface area contributed by atoms with E-state index >= 15 is 0 Å². The summed E-state index contributed by atoms with van der Waals surface area (Å²) in [7, 11) is -4.10. The van der Waals surface area contributed by atoms with Gasteiger partial charge in [0.05, 0.1) is 0 Å². The van der Waals surface area contributed by atoms with Crippen LogP contribution < -0.4 is 4.89 Å². The molecular formula is C27H56AsO4P. The van der Waals surface area contributed by atoms with E-state index in [4.69, 9.17) is 9.05 Å². The molecule has 0 saturated heterocycles. The van der Waals surface area contributed by atoms with Gasteiger partial charge in [-0.2, -0.15) is 0 Å². The van der Waals surface area contributed by atoms with Crippen molar-refractivity contribution >= 4 is 21.4 Å². The molecule has 0 aromatic rings. The average Bonchev–Trinajstić information content (AvgIpc) is 2.73. The molecule has 0 amide bonds. The Morgan fingerprint density at radius 2 is 1.03 bits per heavy atom. The van der Waals surface area contributed by atoms with Gasteiger partial charge in [0.25, 0.3) is 0 Å².